The maximum Gasteiger partial charge on any atom is 0.319 e. The van der Waals surface area contributed by atoms with Crippen molar-refractivity contribution in [2.45, 2.75) is 32.7 Å². The Morgan fingerprint density at radius 2 is 1.91 bits per heavy atom. The number of benzene rings is 1. The Morgan fingerprint density at radius 1 is 1.26 bits per heavy atom. The third-order valence-corrected chi connectivity index (χ3v) is 4.48. The molecule has 1 atom stereocenters. The molecular weight excluding hydrogens is 292 g/mol. The van der Waals surface area contributed by atoms with Gasteiger partial charge in [-0.15, -0.1) is 0 Å². The molecule has 2 N–H and O–H groups in total. The molecule has 0 spiro atoms. The molecule has 0 radical (unpaired) electrons. The number of nitrogens with zero attached hydrogens (tertiary/aromatic N) is 2. The molecule has 0 bridgehead atoms. The number of hydrogen-bond acceptors (Lipinski definition) is 2. The third kappa shape index (κ3) is 3.02. The summed E-state index contributed by atoms with van der Waals surface area (Å²) in [4.78, 5) is 24.8. The Kier molecular flexibility index (Phi) is 3.98. The number of para-hydroxylation sites is 1. The fourth-order valence-electron chi connectivity index (χ4n) is 2.78. The van der Waals surface area contributed by atoms with Crippen LogP contribution >= 0.6 is 0 Å². The summed E-state index contributed by atoms with van der Waals surface area (Å²) in [7, 11) is 1.81. The van der Waals surface area contributed by atoms with Gasteiger partial charge in [-0.05, 0) is 44.7 Å². The van der Waals surface area contributed by atoms with Crippen molar-refractivity contribution in [3.63, 3.8) is 0 Å². The number of carbonyl (C=O) groups is 1. The van der Waals surface area contributed by atoms with Gasteiger partial charge in [-0.3, -0.25) is 9.48 Å². The molecule has 6 nitrogen and oxygen atoms in total. The van der Waals surface area contributed by atoms with Crippen molar-refractivity contribution in [3.8, 4) is 5.69 Å². The lowest BCUT2D eigenvalue weighted by Gasteiger charge is -2.13. The molecule has 2 amide bonds. The lowest BCUT2D eigenvalue weighted by molar-refractivity contribution is 0.248. The summed E-state index contributed by atoms with van der Waals surface area (Å²) >= 11 is 0. The Morgan fingerprint density at radius 3 is 2.52 bits per heavy atom. The SMILES string of the molecule is Cc1c(NC(=O)N[C@H](C)C2CC2)c(=O)n(-c2ccccc2)n1C. The zero-order chi connectivity index (χ0) is 16.6. The van der Waals surface area contributed by atoms with Gasteiger partial charge in [0, 0.05) is 13.1 Å². The van der Waals surface area contributed by atoms with Crippen molar-refractivity contribution in [1.29, 1.82) is 0 Å². The largest absolute Gasteiger partial charge is 0.335 e. The monoisotopic (exact) mass is 314 g/mol. The van der Waals surface area contributed by atoms with Crippen LogP contribution < -0.4 is 16.2 Å². The summed E-state index contributed by atoms with van der Waals surface area (Å²) in [6.07, 6.45) is 2.32. The highest BCUT2D eigenvalue weighted by Gasteiger charge is 2.29. The smallest absolute Gasteiger partial charge is 0.319 e. The number of nitrogens with one attached hydrogen (secondary N) is 2. The van der Waals surface area contributed by atoms with Gasteiger partial charge in [0.15, 0.2) is 0 Å². The van der Waals surface area contributed by atoms with E-state index in [9.17, 15) is 9.59 Å². The van der Waals surface area contributed by atoms with Gasteiger partial charge in [0.1, 0.15) is 5.69 Å². The number of urea groups is 1. The van der Waals surface area contributed by atoms with E-state index in [0.717, 1.165) is 18.5 Å². The molecule has 1 saturated carbocycles. The van der Waals surface area contributed by atoms with E-state index in [-0.39, 0.29) is 17.6 Å². The van der Waals surface area contributed by atoms with Crippen LogP contribution in [-0.2, 0) is 7.05 Å². The van der Waals surface area contributed by atoms with Crippen molar-refractivity contribution >= 4 is 11.7 Å². The second kappa shape index (κ2) is 5.95. The number of amides is 2. The van der Waals surface area contributed by atoms with Crippen molar-refractivity contribution in [2.75, 3.05) is 5.32 Å². The predicted octanol–water partition coefficient (Wildman–Crippen LogP) is 2.40. The first kappa shape index (κ1) is 15.4. The molecule has 0 saturated heterocycles. The molecule has 1 fully saturated rings. The molecular formula is C17H22N4O2. The Labute approximate surface area is 135 Å². The normalized spacial score (nSPS) is 15.3. The lowest BCUT2D eigenvalue weighted by Crippen LogP contribution is -2.38. The van der Waals surface area contributed by atoms with E-state index >= 15 is 0 Å². The van der Waals surface area contributed by atoms with Crippen LogP contribution in [0.1, 0.15) is 25.5 Å². The first-order valence-corrected chi connectivity index (χ1v) is 7.90. The highest BCUT2D eigenvalue weighted by Crippen LogP contribution is 2.32. The van der Waals surface area contributed by atoms with Gasteiger partial charge in [0.25, 0.3) is 5.56 Å². The van der Waals surface area contributed by atoms with Crippen LogP contribution in [0.2, 0.25) is 0 Å². The highest BCUT2D eigenvalue weighted by atomic mass is 16.2. The zero-order valence-electron chi connectivity index (χ0n) is 13.7. The van der Waals surface area contributed by atoms with Crippen LogP contribution in [0.5, 0.6) is 0 Å². The van der Waals surface area contributed by atoms with Gasteiger partial charge >= 0.3 is 6.03 Å². The Balaban J connectivity index is 1.85. The first-order chi connectivity index (χ1) is 11.0. The van der Waals surface area contributed by atoms with Crippen LogP contribution in [0.4, 0.5) is 10.5 Å². The molecule has 1 aromatic heterocycles. The second-order valence-corrected chi connectivity index (χ2v) is 6.16. The third-order valence-electron chi connectivity index (χ3n) is 4.48. The van der Waals surface area contributed by atoms with Gasteiger partial charge in [-0.1, -0.05) is 18.2 Å². The molecule has 3 rings (SSSR count). The van der Waals surface area contributed by atoms with Crippen LogP contribution in [0, 0.1) is 12.8 Å². The summed E-state index contributed by atoms with van der Waals surface area (Å²) < 4.78 is 3.30. The van der Waals surface area contributed by atoms with Crippen LogP contribution in [0.15, 0.2) is 35.1 Å². The van der Waals surface area contributed by atoms with E-state index in [1.165, 1.54) is 0 Å². The van der Waals surface area contributed by atoms with Crippen LogP contribution in [0.25, 0.3) is 5.69 Å². The van der Waals surface area contributed by atoms with Gasteiger partial charge in [-0.25, -0.2) is 9.48 Å². The molecule has 2 aromatic rings. The maximum absolute atomic E-state index is 12.7. The predicted molar refractivity (Wildman–Crippen MR) is 90.1 cm³/mol. The van der Waals surface area contributed by atoms with E-state index < -0.39 is 0 Å². The minimum absolute atomic E-state index is 0.135. The van der Waals surface area contributed by atoms with Gasteiger partial charge < -0.3 is 10.6 Å². The lowest BCUT2D eigenvalue weighted by atomic mass is 10.2. The van der Waals surface area contributed by atoms with Crippen molar-refractivity contribution in [2.24, 2.45) is 13.0 Å². The molecule has 1 aliphatic rings. The van der Waals surface area contributed by atoms with E-state index in [0.29, 0.717) is 17.3 Å². The molecule has 122 valence electrons. The molecule has 1 aliphatic carbocycles. The van der Waals surface area contributed by atoms with E-state index in [2.05, 4.69) is 10.6 Å². The van der Waals surface area contributed by atoms with Gasteiger partial charge in [0.05, 0.1) is 11.4 Å². The Hall–Kier alpha value is -2.50. The van der Waals surface area contributed by atoms with Crippen molar-refractivity contribution in [1.82, 2.24) is 14.7 Å². The second-order valence-electron chi connectivity index (χ2n) is 6.16. The summed E-state index contributed by atoms with van der Waals surface area (Å²) in [6.45, 7) is 3.82. The molecule has 23 heavy (non-hydrogen) atoms. The molecule has 0 aliphatic heterocycles. The summed E-state index contributed by atoms with van der Waals surface area (Å²) in [5, 5.41) is 5.62. The van der Waals surface area contributed by atoms with E-state index in [1.54, 1.807) is 16.4 Å². The van der Waals surface area contributed by atoms with Crippen LogP contribution in [-0.4, -0.2) is 21.4 Å². The number of aromatic nitrogens is 2. The van der Waals surface area contributed by atoms with Gasteiger partial charge in [0.2, 0.25) is 0 Å². The average molecular weight is 314 g/mol. The summed E-state index contributed by atoms with van der Waals surface area (Å²) in [5.41, 5.74) is 1.57. The fraction of sp³-hybridized carbons (Fsp3) is 0.412. The standard InChI is InChI=1S/C17H22N4O2/c1-11(13-9-10-13)18-17(23)19-15-12(2)20(3)21(16(15)22)14-7-5-4-6-8-14/h4-8,11,13H,9-10H2,1-3H3,(H2,18,19,23)/t11-/m1/s1. The molecule has 1 aromatic carbocycles. The van der Waals surface area contributed by atoms with Crippen LogP contribution in [0.3, 0.4) is 0 Å². The minimum atomic E-state index is -0.324. The first-order valence-electron chi connectivity index (χ1n) is 7.90. The molecule has 0 unspecified atom stereocenters. The number of carbonyl (C=O) groups excluding carboxylic acids is 1. The minimum Gasteiger partial charge on any atom is -0.335 e. The van der Waals surface area contributed by atoms with E-state index in [1.807, 2.05) is 44.2 Å². The quantitative estimate of drug-likeness (QED) is 0.910. The molecule has 1 heterocycles. The van der Waals surface area contributed by atoms with Gasteiger partial charge in [-0.2, -0.15) is 0 Å². The summed E-state index contributed by atoms with van der Waals surface area (Å²) in [6, 6.07) is 9.18. The Bertz CT molecular complexity index is 772. The topological polar surface area (TPSA) is 68.1 Å². The maximum atomic E-state index is 12.7. The average Bonchev–Trinajstić information content (AvgIpc) is 3.35. The molecule has 6 heteroatoms. The summed E-state index contributed by atoms with van der Waals surface area (Å²) in [5.74, 6) is 0.568. The number of hydrogen-bond donors (Lipinski definition) is 2. The fourth-order valence-corrected chi connectivity index (χ4v) is 2.78. The van der Waals surface area contributed by atoms with E-state index in [4.69, 9.17) is 0 Å². The number of anilines is 1. The highest BCUT2D eigenvalue weighted by molar-refractivity contribution is 5.90. The zero-order valence-corrected chi connectivity index (χ0v) is 13.7. The van der Waals surface area contributed by atoms with Crippen molar-refractivity contribution in [3.05, 3.63) is 46.4 Å². The number of rotatable bonds is 4. The van der Waals surface area contributed by atoms with Crippen molar-refractivity contribution < 1.29 is 4.79 Å².